The number of esters is 1. The van der Waals surface area contributed by atoms with E-state index in [0.29, 0.717) is 5.69 Å². The third-order valence-corrected chi connectivity index (χ3v) is 2.03. The second-order valence-corrected chi connectivity index (χ2v) is 3.48. The van der Waals surface area contributed by atoms with Crippen molar-refractivity contribution in [2.24, 2.45) is 5.10 Å². The molecule has 1 N–H and O–H groups in total. The topological polar surface area (TPSA) is 63.6 Å². The Labute approximate surface area is 95.7 Å². The first kappa shape index (κ1) is 11.6. The molecule has 15 heavy (non-hydrogen) atoms. The Morgan fingerprint density at radius 2 is 2.33 bits per heavy atom. The Morgan fingerprint density at radius 1 is 1.60 bits per heavy atom. The number of carbonyl (C=O) groups is 1. The van der Waals surface area contributed by atoms with Gasteiger partial charge in [0.1, 0.15) is 10.3 Å². The van der Waals surface area contributed by atoms with Crippen molar-refractivity contribution in [1.82, 2.24) is 4.98 Å². The van der Waals surface area contributed by atoms with E-state index in [-0.39, 0.29) is 5.71 Å². The van der Waals surface area contributed by atoms with Crippen molar-refractivity contribution in [3.05, 3.63) is 22.9 Å². The van der Waals surface area contributed by atoms with Crippen molar-refractivity contribution >= 4 is 33.3 Å². The SMILES string of the molecule is COC(=O)/C(C)=N\Nc1ccc(Br)nc1. The molecule has 0 saturated heterocycles. The summed E-state index contributed by atoms with van der Waals surface area (Å²) in [6.45, 7) is 1.56. The minimum Gasteiger partial charge on any atom is -0.464 e. The summed E-state index contributed by atoms with van der Waals surface area (Å²) in [7, 11) is 1.31. The molecule has 0 saturated carbocycles. The van der Waals surface area contributed by atoms with Gasteiger partial charge in [0, 0.05) is 0 Å². The summed E-state index contributed by atoms with van der Waals surface area (Å²) in [6.07, 6.45) is 1.60. The number of methoxy groups -OCH3 is 1. The van der Waals surface area contributed by atoms with Gasteiger partial charge in [0.05, 0.1) is 19.0 Å². The first-order valence-corrected chi connectivity index (χ1v) is 4.93. The third kappa shape index (κ3) is 3.67. The summed E-state index contributed by atoms with van der Waals surface area (Å²) in [5.41, 5.74) is 3.64. The minimum atomic E-state index is -0.465. The van der Waals surface area contributed by atoms with Crippen LogP contribution in [0.2, 0.25) is 0 Å². The maximum atomic E-state index is 11.0. The molecule has 0 radical (unpaired) electrons. The van der Waals surface area contributed by atoms with Crippen LogP contribution < -0.4 is 5.43 Å². The molecule has 0 atom stereocenters. The highest BCUT2D eigenvalue weighted by molar-refractivity contribution is 9.10. The lowest BCUT2D eigenvalue weighted by molar-refractivity contribution is -0.132. The summed E-state index contributed by atoms with van der Waals surface area (Å²) < 4.78 is 5.22. The van der Waals surface area contributed by atoms with Crippen LogP contribution in [0.3, 0.4) is 0 Å². The molecule has 0 aliphatic rings. The highest BCUT2D eigenvalue weighted by Crippen LogP contribution is 2.10. The summed E-state index contributed by atoms with van der Waals surface area (Å²) >= 11 is 3.21. The monoisotopic (exact) mass is 271 g/mol. The second kappa shape index (κ2) is 5.45. The van der Waals surface area contributed by atoms with Crippen LogP contribution in [-0.2, 0) is 9.53 Å². The number of nitrogens with zero attached hydrogens (tertiary/aromatic N) is 2. The number of nitrogens with one attached hydrogen (secondary N) is 1. The molecule has 1 aromatic rings. The molecular weight excluding hydrogens is 262 g/mol. The van der Waals surface area contributed by atoms with Gasteiger partial charge in [0.2, 0.25) is 0 Å². The first-order valence-electron chi connectivity index (χ1n) is 4.13. The van der Waals surface area contributed by atoms with E-state index < -0.39 is 5.97 Å². The van der Waals surface area contributed by atoms with E-state index in [1.807, 2.05) is 0 Å². The number of hydrogen-bond donors (Lipinski definition) is 1. The first-order chi connectivity index (χ1) is 7.13. The van der Waals surface area contributed by atoms with Crippen LogP contribution in [0, 0.1) is 0 Å². The molecule has 1 rings (SSSR count). The smallest absolute Gasteiger partial charge is 0.353 e. The van der Waals surface area contributed by atoms with E-state index in [4.69, 9.17) is 0 Å². The average molecular weight is 272 g/mol. The van der Waals surface area contributed by atoms with E-state index in [9.17, 15) is 4.79 Å². The zero-order chi connectivity index (χ0) is 11.3. The van der Waals surface area contributed by atoms with Crippen LogP contribution in [0.5, 0.6) is 0 Å². The Morgan fingerprint density at radius 3 is 2.87 bits per heavy atom. The maximum absolute atomic E-state index is 11.0. The van der Waals surface area contributed by atoms with Gasteiger partial charge in [0.15, 0.2) is 0 Å². The Balaban J connectivity index is 2.63. The lowest BCUT2D eigenvalue weighted by atomic mass is 10.4. The molecule has 0 aliphatic carbocycles. The lowest BCUT2D eigenvalue weighted by Crippen LogP contribution is -2.13. The van der Waals surface area contributed by atoms with Gasteiger partial charge in [-0.3, -0.25) is 5.43 Å². The highest BCUT2D eigenvalue weighted by atomic mass is 79.9. The van der Waals surface area contributed by atoms with Gasteiger partial charge < -0.3 is 4.74 Å². The number of aromatic nitrogens is 1. The van der Waals surface area contributed by atoms with Crippen LogP contribution in [0.15, 0.2) is 28.0 Å². The number of hydrazone groups is 1. The number of rotatable bonds is 3. The van der Waals surface area contributed by atoms with Gasteiger partial charge in [-0.05, 0) is 35.0 Å². The van der Waals surface area contributed by atoms with Crippen LogP contribution in [0.25, 0.3) is 0 Å². The van der Waals surface area contributed by atoms with Crippen molar-refractivity contribution in [1.29, 1.82) is 0 Å². The summed E-state index contributed by atoms with van der Waals surface area (Å²) in [5.74, 6) is -0.465. The number of anilines is 1. The Hall–Kier alpha value is -1.43. The van der Waals surface area contributed by atoms with Gasteiger partial charge in [-0.1, -0.05) is 0 Å². The molecule has 1 aromatic heterocycles. The van der Waals surface area contributed by atoms with Gasteiger partial charge >= 0.3 is 5.97 Å². The van der Waals surface area contributed by atoms with Crippen LogP contribution in [-0.4, -0.2) is 23.8 Å². The normalized spacial score (nSPS) is 11.0. The number of halogens is 1. The summed E-state index contributed by atoms with van der Waals surface area (Å²) in [6, 6.07) is 3.55. The number of carbonyl (C=O) groups excluding carboxylic acids is 1. The Bertz CT molecular complexity index is 375. The number of ether oxygens (including phenoxy) is 1. The zero-order valence-corrected chi connectivity index (χ0v) is 9.91. The van der Waals surface area contributed by atoms with Crippen molar-refractivity contribution < 1.29 is 9.53 Å². The molecule has 5 nitrogen and oxygen atoms in total. The summed E-state index contributed by atoms with van der Waals surface area (Å²) in [5, 5.41) is 3.83. The quantitative estimate of drug-likeness (QED) is 0.394. The molecule has 0 amide bonds. The minimum absolute atomic E-state index is 0.250. The second-order valence-electron chi connectivity index (χ2n) is 2.67. The van der Waals surface area contributed by atoms with E-state index >= 15 is 0 Å². The molecule has 1 heterocycles. The van der Waals surface area contributed by atoms with E-state index in [1.165, 1.54) is 7.11 Å². The number of pyridine rings is 1. The van der Waals surface area contributed by atoms with Crippen molar-refractivity contribution in [3.8, 4) is 0 Å². The predicted molar refractivity (Wildman–Crippen MR) is 60.7 cm³/mol. The fourth-order valence-corrected chi connectivity index (χ4v) is 1.02. The van der Waals surface area contributed by atoms with Crippen molar-refractivity contribution in [2.45, 2.75) is 6.92 Å². The van der Waals surface area contributed by atoms with Crippen LogP contribution in [0.1, 0.15) is 6.92 Å². The molecule has 0 aliphatic heterocycles. The molecule has 0 aromatic carbocycles. The molecule has 0 fully saturated rings. The number of hydrogen-bond acceptors (Lipinski definition) is 5. The average Bonchev–Trinajstić information content (AvgIpc) is 2.26. The Kier molecular flexibility index (Phi) is 4.23. The van der Waals surface area contributed by atoms with Gasteiger partial charge in [-0.15, -0.1) is 0 Å². The highest BCUT2D eigenvalue weighted by Gasteiger charge is 2.03. The van der Waals surface area contributed by atoms with Crippen molar-refractivity contribution in [2.75, 3.05) is 12.5 Å². The standard InChI is InChI=1S/C9H10BrN3O2/c1-6(9(14)15-2)12-13-7-3-4-8(10)11-5-7/h3-5,13H,1-2H3/b12-6-. The van der Waals surface area contributed by atoms with Crippen molar-refractivity contribution in [3.63, 3.8) is 0 Å². The fraction of sp³-hybridized carbons (Fsp3) is 0.222. The third-order valence-electron chi connectivity index (χ3n) is 1.56. The molecule has 6 heteroatoms. The van der Waals surface area contributed by atoms with Gasteiger partial charge in [0.25, 0.3) is 0 Å². The van der Waals surface area contributed by atoms with Gasteiger partial charge in [-0.2, -0.15) is 5.10 Å². The van der Waals surface area contributed by atoms with Gasteiger partial charge in [-0.25, -0.2) is 9.78 Å². The van der Waals surface area contributed by atoms with E-state index in [1.54, 1.807) is 25.3 Å². The lowest BCUT2D eigenvalue weighted by Gasteiger charge is -2.01. The molecule has 80 valence electrons. The fourth-order valence-electron chi connectivity index (χ4n) is 0.784. The zero-order valence-electron chi connectivity index (χ0n) is 8.32. The van der Waals surface area contributed by atoms with E-state index in [2.05, 4.69) is 36.2 Å². The van der Waals surface area contributed by atoms with Crippen LogP contribution in [0.4, 0.5) is 5.69 Å². The van der Waals surface area contributed by atoms with Crippen LogP contribution >= 0.6 is 15.9 Å². The molecule has 0 spiro atoms. The maximum Gasteiger partial charge on any atom is 0.353 e. The summed E-state index contributed by atoms with van der Waals surface area (Å²) in [4.78, 5) is 15.0. The molecule has 0 unspecified atom stereocenters. The molecule has 0 bridgehead atoms. The van der Waals surface area contributed by atoms with E-state index in [0.717, 1.165) is 4.60 Å². The largest absolute Gasteiger partial charge is 0.464 e. The molecular formula is C9H10BrN3O2. The predicted octanol–water partition coefficient (Wildman–Crippen LogP) is 1.80.